The van der Waals surface area contributed by atoms with Crippen molar-refractivity contribution < 1.29 is 9.45 Å². The van der Waals surface area contributed by atoms with E-state index < -0.39 is 4.92 Å². The summed E-state index contributed by atoms with van der Waals surface area (Å²) < 4.78 is 5.04. The smallest absolute Gasteiger partial charge is 0.270 e. The van der Waals surface area contributed by atoms with Crippen molar-refractivity contribution in [3.63, 3.8) is 0 Å². The summed E-state index contributed by atoms with van der Waals surface area (Å²) in [5, 5.41) is 14.6. The Bertz CT molecular complexity index is 563. The monoisotopic (exact) mass is 233 g/mol. The van der Waals surface area contributed by atoms with Crippen LogP contribution in [0.2, 0.25) is 0 Å². The summed E-state index contributed by atoms with van der Waals surface area (Å²) >= 11 is 0. The second-order valence-corrected chi connectivity index (χ2v) is 3.58. The third-order valence-electron chi connectivity index (χ3n) is 2.52. The lowest BCUT2D eigenvalue weighted by Crippen LogP contribution is -1.99. The maximum absolute atomic E-state index is 10.7. The Balaban J connectivity index is 2.52. The molecule has 1 aromatic carbocycles. The molecular formula is C11H11N3O3. The molecule has 2 rings (SSSR count). The van der Waals surface area contributed by atoms with E-state index in [0.717, 1.165) is 5.56 Å². The average molecular weight is 233 g/mol. The third kappa shape index (κ3) is 2.02. The normalized spacial score (nSPS) is 10.5. The van der Waals surface area contributed by atoms with Gasteiger partial charge in [0.2, 0.25) is 0 Å². The number of nitrogens with two attached hydrogens (primary N) is 1. The van der Waals surface area contributed by atoms with Crippen LogP contribution in [0.5, 0.6) is 0 Å². The number of aromatic nitrogens is 1. The van der Waals surface area contributed by atoms with Gasteiger partial charge in [0.05, 0.1) is 4.92 Å². The van der Waals surface area contributed by atoms with Crippen LogP contribution in [0.4, 0.5) is 5.69 Å². The first kappa shape index (κ1) is 11.3. The van der Waals surface area contributed by atoms with Crippen molar-refractivity contribution in [1.82, 2.24) is 5.16 Å². The number of nitro groups is 1. The number of nitrogens with zero attached hydrogens (tertiary/aromatic N) is 2. The van der Waals surface area contributed by atoms with E-state index in [1.54, 1.807) is 19.1 Å². The van der Waals surface area contributed by atoms with Crippen LogP contribution in [0, 0.1) is 17.0 Å². The van der Waals surface area contributed by atoms with Crippen LogP contribution in [0.1, 0.15) is 11.3 Å². The van der Waals surface area contributed by atoms with Gasteiger partial charge in [-0.25, -0.2) is 0 Å². The summed E-state index contributed by atoms with van der Waals surface area (Å²) in [5.74, 6) is 0.633. The molecule has 1 heterocycles. The molecule has 6 nitrogen and oxygen atoms in total. The van der Waals surface area contributed by atoms with Gasteiger partial charge < -0.3 is 10.3 Å². The fourth-order valence-corrected chi connectivity index (χ4v) is 1.63. The van der Waals surface area contributed by atoms with Crippen molar-refractivity contribution in [2.45, 2.75) is 13.5 Å². The zero-order valence-corrected chi connectivity index (χ0v) is 9.21. The van der Waals surface area contributed by atoms with Crippen LogP contribution in [-0.2, 0) is 6.54 Å². The Morgan fingerprint density at radius 1 is 1.53 bits per heavy atom. The van der Waals surface area contributed by atoms with Crippen molar-refractivity contribution in [2.24, 2.45) is 5.73 Å². The van der Waals surface area contributed by atoms with Crippen LogP contribution in [0.15, 0.2) is 28.8 Å². The molecule has 2 N–H and O–H groups in total. The second kappa shape index (κ2) is 4.34. The van der Waals surface area contributed by atoms with Crippen molar-refractivity contribution in [1.29, 1.82) is 0 Å². The molecule has 2 aromatic rings. The molecule has 0 radical (unpaired) electrons. The quantitative estimate of drug-likeness (QED) is 0.646. The van der Waals surface area contributed by atoms with Crippen molar-refractivity contribution in [2.75, 3.05) is 0 Å². The Labute approximate surface area is 97.2 Å². The number of rotatable bonds is 3. The largest absolute Gasteiger partial charge is 0.361 e. The molecule has 0 fully saturated rings. The van der Waals surface area contributed by atoms with E-state index in [4.69, 9.17) is 10.3 Å². The van der Waals surface area contributed by atoms with Crippen LogP contribution in [-0.4, -0.2) is 10.1 Å². The van der Waals surface area contributed by atoms with Gasteiger partial charge in [-0.3, -0.25) is 10.1 Å². The third-order valence-corrected chi connectivity index (χ3v) is 2.52. The van der Waals surface area contributed by atoms with Crippen LogP contribution in [0.3, 0.4) is 0 Å². The standard InChI is InChI=1S/C11H11N3O3/c1-7-10(6-12)11(13-17-7)8-3-2-4-9(5-8)14(15)16/h2-5H,6,12H2,1H3. The summed E-state index contributed by atoms with van der Waals surface area (Å²) in [7, 11) is 0. The number of aryl methyl sites for hydroxylation is 1. The fourth-order valence-electron chi connectivity index (χ4n) is 1.63. The van der Waals surface area contributed by atoms with Crippen LogP contribution in [0.25, 0.3) is 11.3 Å². The topological polar surface area (TPSA) is 95.2 Å². The van der Waals surface area contributed by atoms with Crippen LogP contribution >= 0.6 is 0 Å². The van der Waals surface area contributed by atoms with Crippen molar-refractivity contribution in [3.05, 3.63) is 45.7 Å². The predicted octanol–water partition coefficient (Wildman–Crippen LogP) is 2.02. The highest BCUT2D eigenvalue weighted by Gasteiger charge is 2.15. The van der Waals surface area contributed by atoms with Crippen molar-refractivity contribution in [3.8, 4) is 11.3 Å². The summed E-state index contributed by atoms with van der Waals surface area (Å²) in [6, 6.07) is 6.23. The van der Waals surface area contributed by atoms with Gasteiger partial charge in [-0.2, -0.15) is 0 Å². The summed E-state index contributed by atoms with van der Waals surface area (Å²) in [4.78, 5) is 10.2. The molecule has 0 saturated carbocycles. The zero-order chi connectivity index (χ0) is 12.4. The van der Waals surface area contributed by atoms with Gasteiger partial charge in [0.15, 0.2) is 0 Å². The molecule has 0 spiro atoms. The van der Waals surface area contributed by atoms with Gasteiger partial charge in [-0.05, 0) is 6.92 Å². The molecule has 0 aliphatic carbocycles. The molecule has 0 saturated heterocycles. The van der Waals surface area contributed by atoms with Gasteiger partial charge in [0.25, 0.3) is 5.69 Å². The molecule has 1 aromatic heterocycles. The lowest BCUT2D eigenvalue weighted by molar-refractivity contribution is -0.384. The molecule has 17 heavy (non-hydrogen) atoms. The predicted molar refractivity (Wildman–Crippen MR) is 61.2 cm³/mol. The van der Waals surface area contributed by atoms with E-state index in [1.807, 2.05) is 0 Å². The van der Waals surface area contributed by atoms with Gasteiger partial charge in [-0.15, -0.1) is 0 Å². The average Bonchev–Trinajstić information content (AvgIpc) is 2.70. The molecule has 0 atom stereocenters. The molecule has 0 aliphatic heterocycles. The summed E-state index contributed by atoms with van der Waals surface area (Å²) in [6.07, 6.45) is 0. The van der Waals surface area contributed by atoms with E-state index in [2.05, 4.69) is 5.16 Å². The highest BCUT2D eigenvalue weighted by atomic mass is 16.6. The van der Waals surface area contributed by atoms with E-state index in [9.17, 15) is 10.1 Å². The second-order valence-electron chi connectivity index (χ2n) is 3.58. The number of hydrogen-bond acceptors (Lipinski definition) is 5. The minimum absolute atomic E-state index is 0.0196. The summed E-state index contributed by atoms with van der Waals surface area (Å²) in [6.45, 7) is 2.05. The minimum Gasteiger partial charge on any atom is -0.361 e. The van der Waals surface area contributed by atoms with Gasteiger partial charge >= 0.3 is 0 Å². The van der Waals surface area contributed by atoms with E-state index >= 15 is 0 Å². The highest BCUT2D eigenvalue weighted by Crippen LogP contribution is 2.27. The Hall–Kier alpha value is -2.21. The zero-order valence-electron chi connectivity index (χ0n) is 9.21. The highest BCUT2D eigenvalue weighted by molar-refractivity contribution is 5.65. The van der Waals surface area contributed by atoms with E-state index in [-0.39, 0.29) is 12.2 Å². The first-order valence-corrected chi connectivity index (χ1v) is 5.03. The minimum atomic E-state index is -0.446. The van der Waals surface area contributed by atoms with Gasteiger partial charge in [-0.1, -0.05) is 17.3 Å². The van der Waals surface area contributed by atoms with Gasteiger partial charge in [0, 0.05) is 29.8 Å². The van der Waals surface area contributed by atoms with E-state index in [1.165, 1.54) is 12.1 Å². The number of benzene rings is 1. The molecule has 0 bridgehead atoms. The molecule has 0 unspecified atom stereocenters. The number of non-ortho nitro benzene ring substituents is 1. The Morgan fingerprint density at radius 2 is 2.29 bits per heavy atom. The molecule has 0 aliphatic rings. The van der Waals surface area contributed by atoms with Crippen molar-refractivity contribution >= 4 is 5.69 Å². The SMILES string of the molecule is Cc1onc(-c2cccc([N+](=O)[O-])c2)c1CN. The molecule has 6 heteroatoms. The number of nitro benzene ring substituents is 1. The van der Waals surface area contributed by atoms with Crippen LogP contribution < -0.4 is 5.73 Å². The fraction of sp³-hybridized carbons (Fsp3) is 0.182. The Kier molecular flexibility index (Phi) is 2.88. The first-order valence-electron chi connectivity index (χ1n) is 5.03. The number of hydrogen-bond donors (Lipinski definition) is 1. The lowest BCUT2D eigenvalue weighted by atomic mass is 10.1. The molecular weight excluding hydrogens is 222 g/mol. The first-order chi connectivity index (χ1) is 8.13. The van der Waals surface area contributed by atoms with E-state index in [0.29, 0.717) is 17.0 Å². The molecule has 88 valence electrons. The summed E-state index contributed by atoms with van der Waals surface area (Å²) in [5.41, 5.74) is 7.59. The van der Waals surface area contributed by atoms with Gasteiger partial charge in [0.1, 0.15) is 11.5 Å². The Morgan fingerprint density at radius 3 is 2.94 bits per heavy atom. The maximum Gasteiger partial charge on any atom is 0.270 e. The maximum atomic E-state index is 10.7. The molecule has 0 amide bonds. The lowest BCUT2D eigenvalue weighted by Gasteiger charge is -1.99.